The van der Waals surface area contributed by atoms with Crippen LogP contribution in [-0.2, 0) is 9.59 Å². The minimum Gasteiger partial charge on any atom is -0.355 e. The molecule has 0 aliphatic heterocycles. The smallest absolute Gasteiger partial charge is 0.220 e. The standard InChI is InChI=1S/C24H42N4O2/c1-21(27(3)4)19-25-23(29)17-15-13-11-9-7-8-10-12-14-16-18-24(30)26-20-22(2)28(5)6/h21-22H,11-20H2,1-6H3,(H,25,29)(H,26,30). The number of nitrogens with one attached hydrogen (secondary N) is 2. The number of carbonyl (C=O) groups is 2. The second-order valence-electron chi connectivity index (χ2n) is 8.25. The van der Waals surface area contributed by atoms with Gasteiger partial charge < -0.3 is 20.4 Å². The van der Waals surface area contributed by atoms with Crippen LogP contribution >= 0.6 is 0 Å². The van der Waals surface area contributed by atoms with Gasteiger partial charge in [0.25, 0.3) is 0 Å². The average molecular weight is 419 g/mol. The van der Waals surface area contributed by atoms with Crippen LogP contribution in [-0.4, -0.2) is 75.0 Å². The number of unbranched alkanes of at least 4 members (excludes halogenated alkanes) is 4. The molecule has 0 fully saturated rings. The minimum atomic E-state index is 0.109. The molecular weight excluding hydrogens is 376 g/mol. The number of carbonyl (C=O) groups excluding carboxylic acids is 2. The van der Waals surface area contributed by atoms with E-state index >= 15 is 0 Å². The van der Waals surface area contributed by atoms with Gasteiger partial charge in [0.05, 0.1) is 0 Å². The van der Waals surface area contributed by atoms with Crippen LogP contribution in [0, 0.1) is 23.7 Å². The van der Waals surface area contributed by atoms with Crippen LogP contribution in [0.15, 0.2) is 0 Å². The van der Waals surface area contributed by atoms with Crippen molar-refractivity contribution in [2.45, 2.75) is 77.3 Å². The molecule has 0 aromatic heterocycles. The van der Waals surface area contributed by atoms with Gasteiger partial charge in [-0.2, -0.15) is 0 Å². The fraction of sp³-hybridized carbons (Fsp3) is 0.750. The van der Waals surface area contributed by atoms with Crippen molar-refractivity contribution in [3.63, 3.8) is 0 Å². The molecule has 6 nitrogen and oxygen atoms in total. The molecule has 0 heterocycles. The molecule has 0 rings (SSSR count). The Bertz CT molecular complexity index is 554. The summed E-state index contributed by atoms with van der Waals surface area (Å²) in [5, 5.41) is 5.91. The summed E-state index contributed by atoms with van der Waals surface area (Å²) in [5.74, 6) is 12.0. The van der Waals surface area contributed by atoms with Gasteiger partial charge in [0.15, 0.2) is 0 Å². The molecule has 0 aliphatic rings. The van der Waals surface area contributed by atoms with Crippen molar-refractivity contribution in [1.29, 1.82) is 0 Å². The summed E-state index contributed by atoms with van der Waals surface area (Å²) >= 11 is 0. The second-order valence-corrected chi connectivity index (χ2v) is 8.25. The lowest BCUT2D eigenvalue weighted by atomic mass is 10.2. The zero-order valence-electron chi connectivity index (χ0n) is 19.9. The van der Waals surface area contributed by atoms with E-state index in [1.54, 1.807) is 0 Å². The van der Waals surface area contributed by atoms with Gasteiger partial charge in [0.1, 0.15) is 0 Å². The van der Waals surface area contributed by atoms with E-state index < -0.39 is 0 Å². The van der Waals surface area contributed by atoms with E-state index in [0.29, 0.717) is 38.0 Å². The van der Waals surface area contributed by atoms with Gasteiger partial charge in [-0.15, -0.1) is 0 Å². The first kappa shape index (κ1) is 28.0. The van der Waals surface area contributed by atoms with Crippen LogP contribution < -0.4 is 10.6 Å². The van der Waals surface area contributed by atoms with E-state index in [1.165, 1.54) is 0 Å². The molecule has 0 aliphatic carbocycles. The van der Waals surface area contributed by atoms with Crippen LogP contribution in [0.2, 0.25) is 0 Å². The zero-order valence-corrected chi connectivity index (χ0v) is 19.9. The normalized spacial score (nSPS) is 12.4. The van der Waals surface area contributed by atoms with Crippen molar-refractivity contribution in [3.05, 3.63) is 0 Å². The Kier molecular flexibility index (Phi) is 16.6. The van der Waals surface area contributed by atoms with Gasteiger partial charge in [-0.25, -0.2) is 0 Å². The molecule has 0 aromatic rings. The number of amides is 2. The van der Waals surface area contributed by atoms with Crippen LogP contribution in [0.4, 0.5) is 0 Å². The van der Waals surface area contributed by atoms with Crippen LogP contribution in [0.3, 0.4) is 0 Å². The van der Waals surface area contributed by atoms with Crippen molar-refractivity contribution in [2.24, 2.45) is 0 Å². The first-order valence-electron chi connectivity index (χ1n) is 11.1. The molecule has 2 atom stereocenters. The van der Waals surface area contributed by atoms with Crippen molar-refractivity contribution in [3.8, 4) is 23.7 Å². The molecule has 0 saturated carbocycles. The van der Waals surface area contributed by atoms with Gasteiger partial charge in [-0.3, -0.25) is 9.59 Å². The maximum absolute atomic E-state index is 11.8. The van der Waals surface area contributed by atoms with Crippen LogP contribution in [0.5, 0.6) is 0 Å². The van der Waals surface area contributed by atoms with Gasteiger partial charge in [-0.1, -0.05) is 11.8 Å². The maximum atomic E-state index is 11.8. The molecule has 6 heteroatoms. The lowest BCUT2D eigenvalue weighted by Crippen LogP contribution is -2.38. The van der Waals surface area contributed by atoms with E-state index in [-0.39, 0.29) is 11.8 Å². The summed E-state index contributed by atoms with van der Waals surface area (Å²) < 4.78 is 0. The first-order valence-corrected chi connectivity index (χ1v) is 11.1. The second kappa shape index (κ2) is 17.8. The molecule has 0 radical (unpaired) electrons. The summed E-state index contributed by atoms with van der Waals surface area (Å²) in [7, 11) is 8.02. The zero-order chi connectivity index (χ0) is 22.8. The number of likely N-dealkylation sites (N-methyl/N-ethyl adjacent to an activating group) is 2. The third-order valence-corrected chi connectivity index (χ3v) is 5.10. The van der Waals surface area contributed by atoms with E-state index in [9.17, 15) is 9.59 Å². The summed E-state index contributed by atoms with van der Waals surface area (Å²) in [6.07, 6.45) is 6.15. The van der Waals surface area contributed by atoms with Crippen molar-refractivity contribution in [1.82, 2.24) is 20.4 Å². The number of nitrogens with zero attached hydrogens (tertiary/aromatic N) is 2. The average Bonchev–Trinajstić information content (AvgIpc) is 2.70. The fourth-order valence-corrected chi connectivity index (χ4v) is 2.28. The highest BCUT2D eigenvalue weighted by atomic mass is 16.2. The van der Waals surface area contributed by atoms with Crippen molar-refractivity contribution >= 4 is 11.8 Å². The molecule has 0 spiro atoms. The number of hydrogen-bond acceptors (Lipinski definition) is 4. The first-order chi connectivity index (χ1) is 14.2. The maximum Gasteiger partial charge on any atom is 0.220 e. The highest BCUT2D eigenvalue weighted by Gasteiger charge is 2.07. The molecule has 2 unspecified atom stereocenters. The summed E-state index contributed by atoms with van der Waals surface area (Å²) in [5.41, 5.74) is 0. The molecule has 30 heavy (non-hydrogen) atoms. The molecule has 0 bridgehead atoms. The minimum absolute atomic E-state index is 0.109. The predicted octanol–water partition coefficient (Wildman–Crippen LogP) is 2.25. The largest absolute Gasteiger partial charge is 0.355 e. The summed E-state index contributed by atoms with van der Waals surface area (Å²) in [6, 6.07) is 0.680. The number of hydrogen-bond donors (Lipinski definition) is 2. The quantitative estimate of drug-likeness (QED) is 0.335. The molecule has 0 aromatic carbocycles. The van der Waals surface area contributed by atoms with Gasteiger partial charge >= 0.3 is 0 Å². The van der Waals surface area contributed by atoms with Crippen molar-refractivity contribution < 1.29 is 9.59 Å². The van der Waals surface area contributed by atoms with E-state index in [4.69, 9.17) is 0 Å². The Labute approximate surface area is 184 Å². The monoisotopic (exact) mass is 418 g/mol. The fourth-order valence-electron chi connectivity index (χ4n) is 2.28. The Balaban J connectivity index is 3.65. The van der Waals surface area contributed by atoms with Gasteiger partial charge in [0.2, 0.25) is 11.8 Å². The predicted molar refractivity (Wildman–Crippen MR) is 125 cm³/mol. The van der Waals surface area contributed by atoms with Crippen LogP contribution in [0.1, 0.15) is 65.2 Å². The molecular formula is C24H42N4O2. The highest BCUT2D eigenvalue weighted by molar-refractivity contribution is 5.76. The lowest BCUT2D eigenvalue weighted by Gasteiger charge is -2.19. The molecule has 170 valence electrons. The van der Waals surface area contributed by atoms with Crippen molar-refractivity contribution in [2.75, 3.05) is 41.3 Å². The summed E-state index contributed by atoms with van der Waals surface area (Å²) in [4.78, 5) is 27.7. The molecule has 2 N–H and O–H groups in total. The van der Waals surface area contributed by atoms with Gasteiger partial charge in [0, 0.05) is 50.9 Å². The Hall–Kier alpha value is -2.02. The SMILES string of the molecule is CC(CNC(=O)CCCCC#CC#CCCCCC(=O)NCC(C)N(C)C)N(C)C. The lowest BCUT2D eigenvalue weighted by molar-refractivity contribution is -0.122. The number of rotatable bonds is 14. The third-order valence-electron chi connectivity index (χ3n) is 5.10. The molecule has 2 amide bonds. The topological polar surface area (TPSA) is 64.7 Å². The van der Waals surface area contributed by atoms with E-state index in [0.717, 1.165) is 38.5 Å². The highest BCUT2D eigenvalue weighted by Crippen LogP contribution is 2.00. The summed E-state index contributed by atoms with van der Waals surface area (Å²) in [6.45, 7) is 5.53. The third kappa shape index (κ3) is 16.9. The van der Waals surface area contributed by atoms with E-state index in [2.05, 4.69) is 58.0 Å². The Morgan fingerprint density at radius 2 is 1.07 bits per heavy atom. The van der Waals surface area contributed by atoms with Crippen LogP contribution in [0.25, 0.3) is 0 Å². The molecule has 0 saturated heterocycles. The Morgan fingerprint density at radius 1 is 0.700 bits per heavy atom. The van der Waals surface area contributed by atoms with Gasteiger partial charge in [-0.05, 0) is 79.6 Å². The Morgan fingerprint density at radius 3 is 1.40 bits per heavy atom. The van der Waals surface area contributed by atoms with E-state index in [1.807, 2.05) is 28.2 Å².